The Bertz CT molecular complexity index is 4500. The summed E-state index contributed by atoms with van der Waals surface area (Å²) in [6.45, 7) is 45.9. The number of Topliss-reactive ketones (excluding diaryl/α,β-unsaturated/α-hetero) is 3. The summed E-state index contributed by atoms with van der Waals surface area (Å²) in [7, 11) is 1.37. The molecule has 36 nitrogen and oxygen atoms in total. The van der Waals surface area contributed by atoms with Gasteiger partial charge in [-0.25, -0.2) is 28.8 Å². The van der Waals surface area contributed by atoms with Crippen LogP contribution in [0.15, 0.2) is 0 Å². The van der Waals surface area contributed by atoms with Gasteiger partial charge in [-0.15, -0.1) is 0 Å². The summed E-state index contributed by atoms with van der Waals surface area (Å²) < 4.78 is 16.9. The SMILES string of the molecule is CC(C)(C)OC(=O)C1(NC(=O)N[C@H](C(=O)N2C[C@H]3[C@@H]([C@H]2C(=O)NC(CC2CC2)C(=O)C(N)=O)C3(C)C)C2CCCCC2)CCCCC1.CCCCC(NC(=O)[C@@H]1[C@@H]2[C@H](CN1C(=O)[C@@H](NC(=O)N[C@H](C(=O)OC(C)(C)C)C(C)(C)C)C1CCCCC1)C2(C)C)C(=O)C(=O)NC.CC[C@H](C)[C@H](NC(=O)N[C@H](C(=O)N1C[C@H]2[C@@H]([C@H]1C(=O)NC(CC1CC1)C(=O)C(N)=O)C2(C)C)C(C)(C)C)C(=O)OC(C)(C)C. The van der Waals surface area contributed by atoms with E-state index in [0.717, 1.165) is 116 Å². The number of likely N-dealkylation sites (tertiary alicyclic amines) is 3. The van der Waals surface area contributed by atoms with Gasteiger partial charge in [0.2, 0.25) is 52.8 Å². The van der Waals surface area contributed by atoms with Gasteiger partial charge in [-0.3, -0.25) is 57.5 Å². The highest BCUT2D eigenvalue weighted by Gasteiger charge is 2.73. The van der Waals surface area contributed by atoms with Crippen molar-refractivity contribution in [2.45, 2.75) is 415 Å². The number of urea groups is 3. The number of carbonyl (C=O) groups is 18. The molecule has 11 rings (SSSR count). The number of carbonyl (C=O) groups excluding carboxylic acids is 18. The maximum atomic E-state index is 14.6. The van der Waals surface area contributed by atoms with E-state index >= 15 is 0 Å². The number of fused-ring (bicyclic) bond motifs is 3. The van der Waals surface area contributed by atoms with Crippen LogP contribution in [0.4, 0.5) is 14.4 Å². The fourth-order valence-electron chi connectivity index (χ4n) is 22.2. The lowest BCUT2D eigenvalue weighted by Crippen LogP contribution is -2.64. The smallest absolute Gasteiger partial charge is 0.332 e. The van der Waals surface area contributed by atoms with Crippen LogP contribution in [0.25, 0.3) is 0 Å². The molecular weight excluding hydrogens is 1770 g/mol. The minimum Gasteiger partial charge on any atom is -0.458 e. The van der Waals surface area contributed by atoms with Crippen molar-refractivity contribution in [3.8, 4) is 0 Å². The highest BCUT2D eigenvalue weighted by atomic mass is 16.6. The van der Waals surface area contributed by atoms with Gasteiger partial charge in [-0.05, 0) is 212 Å². The number of nitrogens with one attached hydrogen (secondary N) is 10. The summed E-state index contributed by atoms with van der Waals surface area (Å²) in [4.78, 5) is 244. The van der Waals surface area contributed by atoms with Gasteiger partial charge < -0.3 is 93.5 Å². The quantitative estimate of drug-likeness (QED) is 0.0160. The lowest BCUT2D eigenvalue weighted by molar-refractivity contribution is -0.164. The predicted molar refractivity (Wildman–Crippen MR) is 515 cm³/mol. The molecule has 0 bridgehead atoms. The Morgan fingerprint density at radius 2 is 0.761 bits per heavy atom. The Balaban J connectivity index is 0.000000232. The first-order chi connectivity index (χ1) is 63.9. The van der Waals surface area contributed by atoms with Crippen LogP contribution in [-0.4, -0.2) is 237 Å². The van der Waals surface area contributed by atoms with Gasteiger partial charge in [0.25, 0.3) is 17.7 Å². The zero-order valence-electron chi connectivity index (χ0n) is 87.1. The number of esters is 3. The van der Waals surface area contributed by atoms with Crippen molar-refractivity contribution in [1.29, 1.82) is 0 Å². The third-order valence-corrected chi connectivity index (χ3v) is 31.0. The van der Waals surface area contributed by atoms with Gasteiger partial charge in [-0.1, -0.05) is 207 Å². The van der Waals surface area contributed by atoms with Crippen LogP contribution in [0, 0.1) is 92.2 Å². The second-order valence-corrected chi connectivity index (χ2v) is 48.5. The number of piperidine rings is 3. The van der Waals surface area contributed by atoms with Gasteiger partial charge >= 0.3 is 36.0 Å². The molecule has 3 heterocycles. The first-order valence-electron chi connectivity index (χ1n) is 51.1. The Kier molecular flexibility index (Phi) is 36.0. The number of unbranched alkanes of at least 4 members (excludes halogenated alkanes) is 1. The van der Waals surface area contributed by atoms with Crippen molar-refractivity contribution in [2.24, 2.45) is 104 Å². The average Bonchev–Trinajstić information content (AvgIpc) is 1.53. The van der Waals surface area contributed by atoms with Crippen LogP contribution in [0.2, 0.25) is 0 Å². The number of nitrogens with zero attached hydrogens (tertiary/aromatic N) is 3. The number of nitrogens with two attached hydrogens (primary N) is 2. The van der Waals surface area contributed by atoms with Crippen molar-refractivity contribution >= 4 is 107 Å². The standard InChI is InChI=1S/C35H55N5O7.C35H59N5O7.C32H53N5O7/c1-33(2,3)47-31(45)35(16-10-7-11-17-35)39-32(46)38-25(21-12-8-6-9-13-21)30(44)40-19-22-24(34(22,4)5)26(40)29(43)37-23(18-20-14-15-20)27(41)28(36)42;1-11-12-18-22(26(41)29(43)36-10)37-28(42)25-23-21(35(23,8)9)19-40(25)30(44)24(20-16-14-13-15-17-20)38-32(46)39-27(33(2,3)4)31(45)47-34(5,6)7;1-11-16(2)21(28(42)44-31(6,7)8)35-29(43)36-24(30(3,4)5)27(41)37-15-18-20(32(18,9)10)22(37)26(40)34-19(14-17-12-13-17)23(38)25(33)39/h20-26H,6-19H2,1-5H3,(H2,36,42)(H,37,43)(H2,38,39,46);20-25,27H,11-19H2,1-10H3,(H,36,43)(H,37,42)(H2,38,39,46);16-22,24H,11-15H2,1-10H3,(H2,33,39)(H,34,40)(H2,35,36,43)/t22-,23?,24-,25-,26-;21-,22?,23-,24-,25-,27+;16-,18-,19?,20-,21-,22-,24+/m000/s1. The lowest BCUT2D eigenvalue weighted by Gasteiger charge is -2.40. The maximum Gasteiger partial charge on any atom is 0.332 e. The molecule has 0 radical (unpaired) electrons. The minimum absolute atomic E-state index is 0.0623. The molecular formula is C102H167N15O21. The summed E-state index contributed by atoms with van der Waals surface area (Å²) >= 11 is 0. The molecule has 8 saturated carbocycles. The minimum atomic E-state index is -1.18. The highest BCUT2D eigenvalue weighted by molar-refractivity contribution is 6.39. The molecule has 11 aliphatic rings. The zero-order chi connectivity index (χ0) is 103. The fourth-order valence-corrected chi connectivity index (χ4v) is 22.2. The number of hydrogen-bond acceptors (Lipinski definition) is 21. The van der Waals surface area contributed by atoms with E-state index < -0.39 is 194 Å². The molecule has 3 saturated heterocycles. The molecule has 0 aromatic heterocycles. The van der Waals surface area contributed by atoms with Gasteiger partial charge in [-0.2, -0.15) is 0 Å². The molecule has 3 aliphatic heterocycles. The highest BCUT2D eigenvalue weighted by Crippen LogP contribution is 2.67. The molecule has 138 heavy (non-hydrogen) atoms. The summed E-state index contributed by atoms with van der Waals surface area (Å²) in [5, 5.41) is 27.9. The van der Waals surface area contributed by atoms with E-state index in [-0.39, 0.29) is 93.2 Å². The third-order valence-electron chi connectivity index (χ3n) is 31.0. The van der Waals surface area contributed by atoms with Crippen LogP contribution in [0.5, 0.6) is 0 Å². The molecule has 11 fully saturated rings. The zero-order valence-corrected chi connectivity index (χ0v) is 87.1. The number of rotatable bonds is 35. The first kappa shape index (κ1) is 112. The summed E-state index contributed by atoms with van der Waals surface area (Å²) in [5.74, 6) is -9.64. The molecule has 8 aliphatic carbocycles. The maximum absolute atomic E-state index is 14.6. The van der Waals surface area contributed by atoms with Gasteiger partial charge in [0, 0.05) is 26.7 Å². The molecule has 0 aromatic carbocycles. The number of likely N-dealkylation sites (N-methyl/N-ethyl adjacent to an activating group) is 1. The molecule has 776 valence electrons. The molecule has 36 heteroatoms. The van der Waals surface area contributed by atoms with Crippen molar-refractivity contribution < 1.29 is 101 Å². The Hall–Kier alpha value is -9.54. The van der Waals surface area contributed by atoms with E-state index in [4.69, 9.17) is 25.7 Å². The molecule has 14 N–H and O–H groups in total. The fraction of sp³-hybridized carbons (Fsp3) is 0.824. The van der Waals surface area contributed by atoms with Crippen LogP contribution in [-0.2, 0) is 86.1 Å². The van der Waals surface area contributed by atoms with Gasteiger partial charge in [0.15, 0.2) is 0 Å². The summed E-state index contributed by atoms with van der Waals surface area (Å²) in [6.07, 6.45) is 18.9. The monoisotopic (exact) mass is 1940 g/mol. The Morgan fingerprint density at radius 3 is 1.12 bits per heavy atom. The second kappa shape index (κ2) is 44.3. The first-order valence-corrected chi connectivity index (χ1v) is 51.1. The molecule has 3 unspecified atom stereocenters. The van der Waals surface area contributed by atoms with Gasteiger partial charge in [0.05, 0.1) is 18.1 Å². The van der Waals surface area contributed by atoms with Gasteiger partial charge in [0.1, 0.15) is 70.7 Å². The Morgan fingerprint density at radius 1 is 0.406 bits per heavy atom. The number of hydrogen-bond donors (Lipinski definition) is 12. The normalized spacial score (nSPS) is 25.7. The van der Waals surface area contributed by atoms with Crippen molar-refractivity contribution in [3.05, 3.63) is 0 Å². The van der Waals surface area contributed by atoms with E-state index in [1.54, 1.807) is 72.1 Å². The van der Waals surface area contributed by atoms with Crippen LogP contribution >= 0.6 is 0 Å². The van der Waals surface area contributed by atoms with Crippen LogP contribution in [0.1, 0.15) is 327 Å². The lowest BCUT2D eigenvalue weighted by atomic mass is 9.81. The third kappa shape index (κ3) is 28.0. The average molecular weight is 1940 g/mol. The van der Waals surface area contributed by atoms with Crippen LogP contribution in [0.3, 0.4) is 0 Å². The molecule has 0 spiro atoms. The largest absolute Gasteiger partial charge is 0.458 e. The van der Waals surface area contributed by atoms with Crippen molar-refractivity contribution in [2.75, 3.05) is 26.7 Å². The number of ketones is 3. The Labute approximate surface area is 816 Å². The summed E-state index contributed by atoms with van der Waals surface area (Å²) in [6, 6.07) is -12.3. The number of ether oxygens (including phenoxy) is 3. The predicted octanol–water partition coefficient (Wildman–Crippen LogP) is 8.84. The van der Waals surface area contributed by atoms with E-state index in [9.17, 15) is 86.3 Å². The molecule has 15 amide bonds. The van der Waals surface area contributed by atoms with Crippen LogP contribution < -0.4 is 64.6 Å². The second-order valence-electron chi connectivity index (χ2n) is 48.5. The van der Waals surface area contributed by atoms with Crippen molar-refractivity contribution in [3.63, 3.8) is 0 Å². The van der Waals surface area contributed by atoms with Crippen molar-refractivity contribution in [1.82, 2.24) is 67.9 Å². The number of primary amides is 2. The van der Waals surface area contributed by atoms with E-state index in [1.165, 1.54) is 11.9 Å². The number of amides is 15. The van der Waals surface area contributed by atoms with E-state index in [1.807, 2.05) is 76.2 Å². The van der Waals surface area contributed by atoms with E-state index in [0.29, 0.717) is 64.6 Å². The molecule has 18 atom stereocenters. The van der Waals surface area contributed by atoms with E-state index in [2.05, 4.69) is 80.9 Å². The summed E-state index contributed by atoms with van der Waals surface area (Å²) in [5.41, 5.74) is 5.23. The molecule has 0 aromatic rings. The topological polar surface area (TPSA) is 517 Å².